The quantitative estimate of drug-likeness (QED) is 0.539. The molecule has 0 heteroatoms. The van der Waals surface area contributed by atoms with Crippen molar-refractivity contribution in [2.75, 3.05) is 0 Å². The van der Waals surface area contributed by atoms with Crippen LogP contribution in [0.5, 0.6) is 0 Å². The van der Waals surface area contributed by atoms with Crippen molar-refractivity contribution < 1.29 is 0 Å². The average Bonchev–Trinajstić information content (AvgIpc) is 1.83. The number of hydrogen-bond acceptors (Lipinski definition) is 0. The van der Waals surface area contributed by atoms with Gasteiger partial charge in [0.15, 0.2) is 0 Å². The van der Waals surface area contributed by atoms with Gasteiger partial charge in [-0.25, -0.2) is 0 Å². The summed E-state index contributed by atoms with van der Waals surface area (Å²) in [5, 5.41) is 0. The third kappa shape index (κ3) is 4.17. The van der Waals surface area contributed by atoms with Crippen LogP contribution in [0.25, 0.3) is 0 Å². The van der Waals surface area contributed by atoms with Gasteiger partial charge in [0.25, 0.3) is 0 Å². The van der Waals surface area contributed by atoms with Crippen LogP contribution in [-0.4, -0.2) is 0 Å². The molecule has 12 heavy (non-hydrogen) atoms. The van der Waals surface area contributed by atoms with Gasteiger partial charge in [0, 0.05) is 0 Å². The van der Waals surface area contributed by atoms with Gasteiger partial charge in [-0.1, -0.05) is 51.2 Å². The third-order valence-corrected chi connectivity index (χ3v) is 1.61. The minimum Gasteiger partial charge on any atom is -0.0991 e. The molecule has 0 N–H and O–H groups in total. The molecule has 0 aliphatic rings. The summed E-state index contributed by atoms with van der Waals surface area (Å²) < 4.78 is 0. The van der Waals surface area contributed by atoms with Crippen molar-refractivity contribution in [1.29, 1.82) is 0 Å². The molecule has 0 saturated heterocycles. The first-order chi connectivity index (χ1) is 5.38. The predicted molar refractivity (Wildman–Crippen MR) is 57.2 cm³/mol. The molecule has 0 atom stereocenters. The number of rotatable bonds is 2. The van der Waals surface area contributed by atoms with E-state index in [1.807, 2.05) is 6.08 Å². The van der Waals surface area contributed by atoms with Gasteiger partial charge in [-0.05, 0) is 24.8 Å². The lowest BCUT2D eigenvalue weighted by molar-refractivity contribution is 0.516. The van der Waals surface area contributed by atoms with Crippen LogP contribution in [0.2, 0.25) is 0 Å². The summed E-state index contributed by atoms with van der Waals surface area (Å²) >= 11 is 0. The zero-order chi connectivity index (χ0) is 9.78. The van der Waals surface area contributed by atoms with Crippen molar-refractivity contribution in [3.05, 3.63) is 36.0 Å². The standard InChI is InChI=1S/C12H20/c1-7-8-11(9-10(2)3)12(4,5)6/h7-9H,1H2,2-6H3. The van der Waals surface area contributed by atoms with Crippen LogP contribution in [0.15, 0.2) is 36.0 Å². The van der Waals surface area contributed by atoms with Crippen molar-refractivity contribution >= 4 is 0 Å². The van der Waals surface area contributed by atoms with Crippen LogP contribution in [0, 0.1) is 5.41 Å². The summed E-state index contributed by atoms with van der Waals surface area (Å²) in [5.41, 5.74) is 2.88. The SMILES string of the molecule is C=CC=C(C=C(C)C)C(C)(C)C. The normalized spacial score (nSPS) is 12.6. The van der Waals surface area contributed by atoms with Crippen LogP contribution >= 0.6 is 0 Å². The monoisotopic (exact) mass is 164 g/mol. The molecule has 68 valence electrons. The van der Waals surface area contributed by atoms with E-state index in [2.05, 4.69) is 53.3 Å². The van der Waals surface area contributed by atoms with E-state index >= 15 is 0 Å². The van der Waals surface area contributed by atoms with Gasteiger partial charge in [-0.2, -0.15) is 0 Å². The Hall–Kier alpha value is -0.780. The Bertz CT molecular complexity index is 205. The average molecular weight is 164 g/mol. The summed E-state index contributed by atoms with van der Waals surface area (Å²) in [6.07, 6.45) is 6.13. The molecule has 0 rings (SSSR count). The molecule has 0 radical (unpaired) electrons. The van der Waals surface area contributed by atoms with Crippen molar-refractivity contribution in [3.8, 4) is 0 Å². The highest BCUT2D eigenvalue weighted by molar-refractivity contribution is 5.30. The first-order valence-electron chi connectivity index (χ1n) is 4.36. The fourth-order valence-electron chi connectivity index (χ4n) is 0.953. The minimum absolute atomic E-state index is 0.214. The Balaban J connectivity index is 4.82. The second-order valence-electron chi connectivity index (χ2n) is 4.33. The predicted octanol–water partition coefficient (Wildman–Crippen LogP) is 4.11. The molecule has 0 aliphatic carbocycles. The van der Waals surface area contributed by atoms with Crippen LogP contribution in [-0.2, 0) is 0 Å². The van der Waals surface area contributed by atoms with E-state index in [0.29, 0.717) is 0 Å². The van der Waals surface area contributed by atoms with Crippen LogP contribution < -0.4 is 0 Å². The second kappa shape index (κ2) is 4.30. The van der Waals surface area contributed by atoms with Crippen molar-refractivity contribution in [2.45, 2.75) is 34.6 Å². The summed E-state index contributed by atoms with van der Waals surface area (Å²) in [6.45, 7) is 14.6. The lowest BCUT2D eigenvalue weighted by Crippen LogP contribution is -2.07. The summed E-state index contributed by atoms with van der Waals surface area (Å²) in [4.78, 5) is 0. The van der Waals surface area contributed by atoms with E-state index in [1.54, 1.807) is 0 Å². The molecule has 0 fully saturated rings. The maximum Gasteiger partial charge on any atom is -0.0132 e. The molecule has 0 bridgehead atoms. The van der Waals surface area contributed by atoms with Gasteiger partial charge >= 0.3 is 0 Å². The van der Waals surface area contributed by atoms with Crippen LogP contribution in [0.4, 0.5) is 0 Å². The zero-order valence-electron chi connectivity index (χ0n) is 8.94. The largest absolute Gasteiger partial charge is 0.0991 e. The Morgan fingerprint density at radius 3 is 1.92 bits per heavy atom. The topological polar surface area (TPSA) is 0 Å². The maximum absolute atomic E-state index is 3.72. The fraction of sp³-hybridized carbons (Fsp3) is 0.500. The van der Waals surface area contributed by atoms with Crippen molar-refractivity contribution in [3.63, 3.8) is 0 Å². The molecular formula is C12H20. The molecule has 0 aromatic carbocycles. The molecule has 0 aromatic heterocycles. The molecule has 0 unspecified atom stereocenters. The first-order valence-corrected chi connectivity index (χ1v) is 4.36. The van der Waals surface area contributed by atoms with Crippen LogP contribution in [0.1, 0.15) is 34.6 Å². The molecule has 0 saturated carbocycles. The van der Waals surface area contributed by atoms with Gasteiger partial charge in [-0.3, -0.25) is 0 Å². The van der Waals surface area contributed by atoms with Gasteiger partial charge in [-0.15, -0.1) is 0 Å². The van der Waals surface area contributed by atoms with Gasteiger partial charge < -0.3 is 0 Å². The van der Waals surface area contributed by atoms with Crippen LogP contribution in [0.3, 0.4) is 0 Å². The molecule has 0 amide bonds. The maximum atomic E-state index is 3.72. The van der Waals surface area contributed by atoms with E-state index in [0.717, 1.165) is 0 Å². The summed E-state index contributed by atoms with van der Waals surface area (Å²) in [7, 11) is 0. The Morgan fingerprint density at radius 2 is 1.67 bits per heavy atom. The highest BCUT2D eigenvalue weighted by Crippen LogP contribution is 2.26. The number of hydrogen-bond donors (Lipinski definition) is 0. The van der Waals surface area contributed by atoms with E-state index in [-0.39, 0.29) is 5.41 Å². The molecule has 0 nitrogen and oxygen atoms in total. The van der Waals surface area contributed by atoms with E-state index < -0.39 is 0 Å². The molecule has 0 aromatic rings. The Kier molecular flexibility index (Phi) is 4.02. The first kappa shape index (κ1) is 11.2. The third-order valence-electron chi connectivity index (χ3n) is 1.61. The highest BCUT2D eigenvalue weighted by atomic mass is 14.2. The van der Waals surface area contributed by atoms with Gasteiger partial charge in [0.1, 0.15) is 0 Å². The summed E-state index contributed by atoms with van der Waals surface area (Å²) in [6, 6.07) is 0. The van der Waals surface area contributed by atoms with Gasteiger partial charge in [0.05, 0.1) is 0 Å². The van der Waals surface area contributed by atoms with Crippen molar-refractivity contribution in [2.24, 2.45) is 5.41 Å². The zero-order valence-corrected chi connectivity index (χ0v) is 8.94. The minimum atomic E-state index is 0.214. The van der Waals surface area contributed by atoms with E-state index in [4.69, 9.17) is 0 Å². The molecular weight excluding hydrogens is 144 g/mol. The molecule has 0 heterocycles. The lowest BCUT2D eigenvalue weighted by Gasteiger charge is -2.20. The second-order valence-corrected chi connectivity index (χ2v) is 4.33. The fourth-order valence-corrected chi connectivity index (χ4v) is 0.953. The number of allylic oxidation sites excluding steroid dienone is 5. The summed E-state index contributed by atoms with van der Waals surface area (Å²) in [5.74, 6) is 0. The lowest BCUT2D eigenvalue weighted by atomic mass is 9.85. The Labute approximate surface area is 76.7 Å². The highest BCUT2D eigenvalue weighted by Gasteiger charge is 2.13. The van der Waals surface area contributed by atoms with E-state index in [1.165, 1.54) is 11.1 Å². The molecule has 0 aliphatic heterocycles. The van der Waals surface area contributed by atoms with E-state index in [9.17, 15) is 0 Å². The van der Waals surface area contributed by atoms with Gasteiger partial charge in [0.2, 0.25) is 0 Å². The van der Waals surface area contributed by atoms with Crippen molar-refractivity contribution in [1.82, 2.24) is 0 Å². The smallest absolute Gasteiger partial charge is 0.0132 e. The molecule has 0 spiro atoms. The Morgan fingerprint density at radius 1 is 1.17 bits per heavy atom.